The number of rotatable bonds is 3. The van der Waals surface area contributed by atoms with Crippen molar-refractivity contribution in [2.24, 2.45) is 11.8 Å². The molecule has 0 spiro atoms. The van der Waals surface area contributed by atoms with Crippen molar-refractivity contribution in [1.29, 1.82) is 0 Å². The third-order valence-corrected chi connectivity index (χ3v) is 5.95. The summed E-state index contributed by atoms with van der Waals surface area (Å²) in [6.45, 7) is 9.24. The van der Waals surface area contributed by atoms with Gasteiger partial charge >= 0.3 is 0 Å². The predicted molar refractivity (Wildman–Crippen MR) is 81.4 cm³/mol. The van der Waals surface area contributed by atoms with Gasteiger partial charge < -0.3 is 4.90 Å². The summed E-state index contributed by atoms with van der Waals surface area (Å²) in [6.07, 6.45) is 11.7. The molecule has 2 heterocycles. The van der Waals surface area contributed by atoms with E-state index in [4.69, 9.17) is 0 Å². The van der Waals surface area contributed by atoms with Crippen LogP contribution in [0.25, 0.3) is 0 Å². The first-order valence-corrected chi connectivity index (χ1v) is 8.81. The molecule has 3 fully saturated rings. The first-order chi connectivity index (χ1) is 9.35. The van der Waals surface area contributed by atoms with Crippen LogP contribution in [0.3, 0.4) is 0 Å². The summed E-state index contributed by atoms with van der Waals surface area (Å²) < 4.78 is 0. The first kappa shape index (κ1) is 13.9. The molecular weight excluding hydrogens is 232 g/mol. The van der Waals surface area contributed by atoms with Crippen LogP contribution in [-0.2, 0) is 0 Å². The van der Waals surface area contributed by atoms with Crippen LogP contribution in [-0.4, -0.2) is 48.6 Å². The molecule has 3 aliphatic rings. The largest absolute Gasteiger partial charge is 0.301 e. The summed E-state index contributed by atoms with van der Waals surface area (Å²) in [7, 11) is 0. The van der Waals surface area contributed by atoms with Gasteiger partial charge in [0.05, 0.1) is 0 Å². The van der Waals surface area contributed by atoms with Crippen LogP contribution in [0, 0.1) is 11.8 Å². The topological polar surface area (TPSA) is 6.48 Å². The molecule has 0 aromatic rings. The molecule has 1 unspecified atom stereocenters. The summed E-state index contributed by atoms with van der Waals surface area (Å²) in [4.78, 5) is 5.57. The van der Waals surface area contributed by atoms with Crippen molar-refractivity contribution in [2.45, 2.75) is 64.3 Å². The van der Waals surface area contributed by atoms with Gasteiger partial charge in [0.1, 0.15) is 0 Å². The van der Waals surface area contributed by atoms with Gasteiger partial charge in [-0.25, -0.2) is 0 Å². The highest BCUT2D eigenvalue weighted by atomic mass is 15.3. The van der Waals surface area contributed by atoms with Crippen LogP contribution >= 0.6 is 0 Å². The minimum Gasteiger partial charge on any atom is -0.301 e. The van der Waals surface area contributed by atoms with Gasteiger partial charge in [-0.3, -0.25) is 4.90 Å². The Balaban J connectivity index is 1.47. The van der Waals surface area contributed by atoms with E-state index in [9.17, 15) is 0 Å². The van der Waals surface area contributed by atoms with Crippen molar-refractivity contribution in [3.63, 3.8) is 0 Å². The van der Waals surface area contributed by atoms with Crippen LogP contribution in [0.5, 0.6) is 0 Å². The summed E-state index contributed by atoms with van der Waals surface area (Å²) in [5.41, 5.74) is 0. The zero-order valence-corrected chi connectivity index (χ0v) is 12.8. The third kappa shape index (κ3) is 3.52. The lowest BCUT2D eigenvalue weighted by atomic mass is 9.80. The zero-order valence-electron chi connectivity index (χ0n) is 12.8. The Morgan fingerprint density at radius 1 is 0.842 bits per heavy atom. The lowest BCUT2D eigenvalue weighted by Crippen LogP contribution is -2.39. The number of hydrogen-bond acceptors (Lipinski definition) is 2. The van der Waals surface area contributed by atoms with E-state index in [0.717, 1.165) is 17.9 Å². The average molecular weight is 264 g/mol. The fraction of sp³-hybridized carbons (Fsp3) is 1.00. The molecular formula is C17H32N2. The lowest BCUT2D eigenvalue weighted by Gasteiger charge is -2.33. The van der Waals surface area contributed by atoms with E-state index in [2.05, 4.69) is 16.7 Å². The standard InChI is InChI=1S/C17H32N2/c1-2-15-6-8-16(9-7-15)13-18-10-4-12-19-11-3-5-17(19)14-18/h15-17H,2-14H2,1H3. The highest BCUT2D eigenvalue weighted by Gasteiger charge is 2.30. The third-order valence-electron chi connectivity index (χ3n) is 5.95. The van der Waals surface area contributed by atoms with Gasteiger partial charge in [0, 0.05) is 19.1 Å². The fourth-order valence-corrected chi connectivity index (χ4v) is 4.64. The molecule has 0 radical (unpaired) electrons. The maximum atomic E-state index is 2.81. The minimum absolute atomic E-state index is 0.898. The average Bonchev–Trinajstić information content (AvgIpc) is 2.79. The fourth-order valence-electron chi connectivity index (χ4n) is 4.64. The molecule has 2 saturated heterocycles. The van der Waals surface area contributed by atoms with Gasteiger partial charge in [-0.2, -0.15) is 0 Å². The highest BCUT2D eigenvalue weighted by Crippen LogP contribution is 2.31. The van der Waals surface area contributed by atoms with Crippen molar-refractivity contribution < 1.29 is 0 Å². The molecule has 0 bridgehead atoms. The number of fused-ring (bicyclic) bond motifs is 1. The predicted octanol–water partition coefficient (Wildman–Crippen LogP) is 3.37. The first-order valence-electron chi connectivity index (χ1n) is 8.81. The molecule has 2 nitrogen and oxygen atoms in total. The lowest BCUT2D eigenvalue weighted by molar-refractivity contribution is 0.165. The molecule has 1 saturated carbocycles. The second kappa shape index (κ2) is 6.58. The van der Waals surface area contributed by atoms with Crippen molar-refractivity contribution in [3.05, 3.63) is 0 Å². The van der Waals surface area contributed by atoms with Gasteiger partial charge in [-0.05, 0) is 63.6 Å². The van der Waals surface area contributed by atoms with Gasteiger partial charge in [-0.1, -0.05) is 26.2 Å². The molecule has 2 aliphatic heterocycles. The van der Waals surface area contributed by atoms with E-state index in [1.165, 1.54) is 84.1 Å². The Morgan fingerprint density at radius 3 is 2.37 bits per heavy atom. The van der Waals surface area contributed by atoms with Gasteiger partial charge in [0.25, 0.3) is 0 Å². The maximum Gasteiger partial charge on any atom is 0.0223 e. The van der Waals surface area contributed by atoms with Crippen LogP contribution in [0.1, 0.15) is 58.3 Å². The highest BCUT2D eigenvalue weighted by molar-refractivity contribution is 4.86. The van der Waals surface area contributed by atoms with Gasteiger partial charge in [0.15, 0.2) is 0 Å². The van der Waals surface area contributed by atoms with E-state index in [1.807, 2.05) is 0 Å². The Bertz CT molecular complexity index is 270. The second-order valence-corrected chi connectivity index (χ2v) is 7.24. The van der Waals surface area contributed by atoms with Gasteiger partial charge in [-0.15, -0.1) is 0 Å². The van der Waals surface area contributed by atoms with Crippen molar-refractivity contribution in [3.8, 4) is 0 Å². The second-order valence-electron chi connectivity index (χ2n) is 7.24. The van der Waals surface area contributed by atoms with Crippen LogP contribution < -0.4 is 0 Å². The molecule has 1 aliphatic carbocycles. The monoisotopic (exact) mass is 264 g/mol. The SMILES string of the molecule is CCC1CCC(CN2CCCN3CCCC3C2)CC1. The van der Waals surface area contributed by atoms with E-state index >= 15 is 0 Å². The maximum absolute atomic E-state index is 2.81. The van der Waals surface area contributed by atoms with E-state index in [1.54, 1.807) is 0 Å². The number of nitrogens with zero attached hydrogens (tertiary/aromatic N) is 2. The zero-order chi connectivity index (χ0) is 13.1. The molecule has 3 rings (SSSR count). The molecule has 2 heteroatoms. The quantitative estimate of drug-likeness (QED) is 0.771. The van der Waals surface area contributed by atoms with Crippen LogP contribution in [0.4, 0.5) is 0 Å². The molecule has 19 heavy (non-hydrogen) atoms. The Hall–Kier alpha value is -0.0800. The molecule has 110 valence electrons. The van der Waals surface area contributed by atoms with Crippen LogP contribution in [0.2, 0.25) is 0 Å². The Kier molecular flexibility index (Phi) is 4.81. The summed E-state index contributed by atoms with van der Waals surface area (Å²) in [5.74, 6) is 2.06. The Morgan fingerprint density at radius 2 is 1.58 bits per heavy atom. The van der Waals surface area contributed by atoms with Crippen molar-refractivity contribution >= 4 is 0 Å². The Labute approximate surface area is 119 Å². The molecule has 0 aromatic carbocycles. The smallest absolute Gasteiger partial charge is 0.0223 e. The van der Waals surface area contributed by atoms with E-state index < -0.39 is 0 Å². The molecule has 0 amide bonds. The summed E-state index contributed by atoms with van der Waals surface area (Å²) >= 11 is 0. The normalized spacial score (nSPS) is 38.1. The van der Waals surface area contributed by atoms with Crippen LogP contribution in [0.15, 0.2) is 0 Å². The van der Waals surface area contributed by atoms with Crippen molar-refractivity contribution in [1.82, 2.24) is 9.80 Å². The van der Waals surface area contributed by atoms with E-state index in [-0.39, 0.29) is 0 Å². The minimum atomic E-state index is 0.898. The van der Waals surface area contributed by atoms with Gasteiger partial charge in [0.2, 0.25) is 0 Å². The number of hydrogen-bond donors (Lipinski definition) is 0. The summed E-state index contributed by atoms with van der Waals surface area (Å²) in [6, 6.07) is 0.898. The molecule has 0 N–H and O–H groups in total. The summed E-state index contributed by atoms with van der Waals surface area (Å²) in [5, 5.41) is 0. The van der Waals surface area contributed by atoms with E-state index in [0.29, 0.717) is 0 Å². The molecule has 1 atom stereocenters. The molecule has 0 aromatic heterocycles. The van der Waals surface area contributed by atoms with Crippen molar-refractivity contribution in [2.75, 3.05) is 32.7 Å².